The molecular weight excluding hydrogens is 485 g/mol. The Balaban J connectivity index is 0.00000108. The van der Waals surface area contributed by atoms with Crippen molar-refractivity contribution in [2.45, 2.75) is 13.1 Å². The van der Waals surface area contributed by atoms with Gasteiger partial charge in [0.15, 0.2) is 0 Å². The summed E-state index contributed by atoms with van der Waals surface area (Å²) in [5.74, 6) is 0.558. The molecule has 1 saturated heterocycles. The molecule has 3 heterocycles. The Morgan fingerprint density at radius 2 is 1.80 bits per heavy atom. The number of aryl methyl sites for hydroxylation is 1. The van der Waals surface area contributed by atoms with Crippen LogP contribution in [0.5, 0.6) is 0 Å². The van der Waals surface area contributed by atoms with Crippen LogP contribution in [0.3, 0.4) is 0 Å². The van der Waals surface area contributed by atoms with E-state index in [1.165, 1.54) is 12.4 Å². The van der Waals surface area contributed by atoms with Gasteiger partial charge in [0, 0.05) is 37.1 Å². The first-order valence-corrected chi connectivity index (χ1v) is 10.9. The second-order valence-corrected chi connectivity index (χ2v) is 7.73. The zero-order valence-corrected chi connectivity index (χ0v) is 19.4. The number of aromatic nitrogens is 3. The van der Waals surface area contributed by atoms with E-state index in [9.17, 15) is 18.0 Å². The SMILES string of the molecule is C=CC(=O)N1CCN(c2ncnc3cc(-c4nc(N)ccc4C(F)(F)F)c(C)cc23)CC1.O=S=O. The minimum Gasteiger partial charge on any atom is -0.384 e. The highest BCUT2D eigenvalue weighted by atomic mass is 32.1. The average molecular weight is 507 g/mol. The maximum absolute atomic E-state index is 13.6. The van der Waals surface area contributed by atoms with Crippen molar-refractivity contribution in [2.75, 3.05) is 36.8 Å². The van der Waals surface area contributed by atoms with Gasteiger partial charge in [0.05, 0.1) is 16.8 Å². The van der Waals surface area contributed by atoms with Crippen LogP contribution in [0.4, 0.5) is 24.8 Å². The number of nitrogens with two attached hydrogens (primary N) is 1. The second-order valence-electron chi connectivity index (χ2n) is 7.60. The first kappa shape index (κ1) is 25.7. The topological polar surface area (TPSA) is 122 Å². The molecule has 0 atom stereocenters. The van der Waals surface area contributed by atoms with Gasteiger partial charge in [-0.2, -0.15) is 21.6 Å². The Labute approximate surface area is 202 Å². The predicted molar refractivity (Wildman–Crippen MR) is 125 cm³/mol. The molecule has 1 amide bonds. The molecule has 1 aliphatic heterocycles. The molecule has 0 spiro atoms. The third-order valence-electron chi connectivity index (χ3n) is 5.50. The van der Waals surface area contributed by atoms with Crippen molar-refractivity contribution in [2.24, 2.45) is 0 Å². The van der Waals surface area contributed by atoms with Gasteiger partial charge in [-0.3, -0.25) is 4.79 Å². The van der Waals surface area contributed by atoms with Crippen LogP contribution < -0.4 is 10.6 Å². The zero-order valence-electron chi connectivity index (χ0n) is 18.6. The van der Waals surface area contributed by atoms with Crippen molar-refractivity contribution in [3.8, 4) is 11.3 Å². The maximum Gasteiger partial charge on any atom is 0.418 e. The fourth-order valence-corrected chi connectivity index (χ4v) is 3.88. The number of amides is 1. The molecule has 1 aromatic carbocycles. The van der Waals surface area contributed by atoms with E-state index >= 15 is 0 Å². The van der Waals surface area contributed by atoms with Crippen LogP contribution in [0.1, 0.15) is 11.1 Å². The second kappa shape index (κ2) is 10.6. The molecule has 2 N–H and O–H groups in total. The van der Waals surface area contributed by atoms with Crippen molar-refractivity contribution in [1.29, 1.82) is 0 Å². The van der Waals surface area contributed by atoms with Crippen LogP contribution in [-0.2, 0) is 22.5 Å². The van der Waals surface area contributed by atoms with Crippen LogP contribution in [0.25, 0.3) is 22.2 Å². The molecule has 0 unspecified atom stereocenters. The molecule has 1 fully saturated rings. The molecule has 13 heteroatoms. The number of hydrogen-bond donors (Lipinski definition) is 1. The van der Waals surface area contributed by atoms with E-state index < -0.39 is 23.3 Å². The number of fused-ring (bicyclic) bond motifs is 1. The van der Waals surface area contributed by atoms with E-state index in [-0.39, 0.29) is 17.4 Å². The molecule has 3 aromatic rings. The molecule has 35 heavy (non-hydrogen) atoms. The Morgan fingerprint density at radius 3 is 2.40 bits per heavy atom. The molecule has 1 aliphatic rings. The molecule has 184 valence electrons. The molecule has 9 nitrogen and oxygen atoms in total. The predicted octanol–water partition coefficient (Wildman–Crippen LogP) is 2.77. The number of anilines is 2. The minimum atomic E-state index is -4.57. The number of halogens is 3. The summed E-state index contributed by atoms with van der Waals surface area (Å²) in [6, 6.07) is 5.44. The van der Waals surface area contributed by atoms with Crippen LogP contribution in [0.15, 0.2) is 43.2 Å². The van der Waals surface area contributed by atoms with Gasteiger partial charge in [-0.1, -0.05) is 6.58 Å². The van der Waals surface area contributed by atoms with Gasteiger partial charge in [-0.25, -0.2) is 15.0 Å². The van der Waals surface area contributed by atoms with E-state index in [2.05, 4.69) is 21.5 Å². The largest absolute Gasteiger partial charge is 0.418 e. The lowest BCUT2D eigenvalue weighted by molar-refractivity contribution is -0.137. The van der Waals surface area contributed by atoms with E-state index in [0.29, 0.717) is 48.6 Å². The summed E-state index contributed by atoms with van der Waals surface area (Å²) in [4.78, 5) is 28.2. The van der Waals surface area contributed by atoms with E-state index in [0.717, 1.165) is 17.5 Å². The standard InChI is InChI=1S/C22H21F3N6O.O2S/c1-3-19(32)30-6-8-31(9-7-30)21-15-10-13(2)14(11-17(15)27-12-28-21)20-16(22(23,24)25)4-5-18(26)29-20;1-3-2/h3-5,10-12H,1,6-9H2,2H3,(H2,26,29);. The fraction of sp³-hybridized carbons (Fsp3) is 0.273. The highest BCUT2D eigenvalue weighted by molar-refractivity contribution is 7.51. The average Bonchev–Trinajstić information content (AvgIpc) is 2.82. The van der Waals surface area contributed by atoms with E-state index in [1.807, 2.05) is 4.90 Å². The lowest BCUT2D eigenvalue weighted by atomic mass is 9.98. The number of pyridine rings is 1. The van der Waals surface area contributed by atoms with E-state index in [1.54, 1.807) is 24.0 Å². The summed E-state index contributed by atoms with van der Waals surface area (Å²) in [5, 5.41) is 0.717. The van der Waals surface area contributed by atoms with Gasteiger partial charge in [0.1, 0.15) is 18.0 Å². The van der Waals surface area contributed by atoms with Crippen LogP contribution >= 0.6 is 0 Å². The lowest BCUT2D eigenvalue weighted by Gasteiger charge is -2.35. The molecule has 0 radical (unpaired) electrons. The van der Waals surface area contributed by atoms with Crippen molar-refractivity contribution in [1.82, 2.24) is 19.9 Å². The first-order chi connectivity index (χ1) is 16.6. The highest BCUT2D eigenvalue weighted by Gasteiger charge is 2.35. The monoisotopic (exact) mass is 506 g/mol. The Bertz CT molecular complexity index is 1300. The van der Waals surface area contributed by atoms with Crippen molar-refractivity contribution >= 4 is 40.0 Å². The van der Waals surface area contributed by atoms with Crippen molar-refractivity contribution in [3.63, 3.8) is 0 Å². The number of hydrogen-bond acceptors (Lipinski definition) is 8. The molecule has 2 aromatic heterocycles. The smallest absolute Gasteiger partial charge is 0.384 e. The summed E-state index contributed by atoms with van der Waals surface area (Å²) in [5.41, 5.74) is 6.01. The summed E-state index contributed by atoms with van der Waals surface area (Å²) >= 11 is -0.750. The third-order valence-corrected chi connectivity index (χ3v) is 5.50. The van der Waals surface area contributed by atoms with Gasteiger partial charge >= 0.3 is 17.7 Å². The van der Waals surface area contributed by atoms with Gasteiger partial charge in [-0.05, 0) is 42.8 Å². The molecule has 4 rings (SSSR count). The Hall–Kier alpha value is -3.87. The van der Waals surface area contributed by atoms with Crippen LogP contribution in [0.2, 0.25) is 0 Å². The summed E-state index contributed by atoms with van der Waals surface area (Å²) in [6.45, 7) is 7.42. The maximum atomic E-state index is 13.6. The van der Waals surface area contributed by atoms with Gasteiger partial charge in [-0.15, -0.1) is 0 Å². The Kier molecular flexibility index (Phi) is 7.79. The lowest BCUT2D eigenvalue weighted by Crippen LogP contribution is -2.48. The molecule has 0 aliphatic carbocycles. The van der Waals surface area contributed by atoms with E-state index in [4.69, 9.17) is 14.2 Å². The quantitative estimate of drug-likeness (QED) is 0.538. The first-order valence-electron chi connectivity index (χ1n) is 10.3. The summed E-state index contributed by atoms with van der Waals surface area (Å²) < 4.78 is 57.3. The number of benzene rings is 1. The number of nitrogens with zero attached hydrogens (tertiary/aromatic N) is 5. The minimum absolute atomic E-state index is 0.00261. The van der Waals surface area contributed by atoms with Gasteiger partial charge in [0.25, 0.3) is 0 Å². The van der Waals surface area contributed by atoms with Crippen molar-refractivity contribution in [3.05, 3.63) is 54.4 Å². The number of carbonyl (C=O) groups excluding carboxylic acids is 1. The van der Waals surface area contributed by atoms with Crippen LogP contribution in [-0.4, -0.2) is 60.4 Å². The van der Waals surface area contributed by atoms with Gasteiger partial charge in [0.2, 0.25) is 5.91 Å². The number of piperazine rings is 1. The molecular formula is C22H21F3N6O3S. The zero-order chi connectivity index (χ0) is 25.8. The number of alkyl halides is 3. The summed E-state index contributed by atoms with van der Waals surface area (Å²) in [6.07, 6.45) is -1.90. The van der Waals surface area contributed by atoms with Gasteiger partial charge < -0.3 is 15.5 Å². The van der Waals surface area contributed by atoms with Crippen LogP contribution in [0, 0.1) is 6.92 Å². The number of rotatable bonds is 3. The number of nitrogen functional groups attached to an aromatic ring is 1. The normalized spacial score (nSPS) is 13.7. The number of carbonyl (C=O) groups is 1. The summed E-state index contributed by atoms with van der Waals surface area (Å²) in [7, 11) is 0. The third kappa shape index (κ3) is 5.62. The van der Waals surface area contributed by atoms with Crippen molar-refractivity contribution < 1.29 is 26.4 Å². The molecule has 0 saturated carbocycles. The molecule has 0 bridgehead atoms. The fourth-order valence-electron chi connectivity index (χ4n) is 3.88. The Morgan fingerprint density at radius 1 is 1.14 bits per heavy atom. The highest BCUT2D eigenvalue weighted by Crippen LogP contribution is 2.39.